The summed E-state index contributed by atoms with van der Waals surface area (Å²) < 4.78 is 0. The third-order valence-electron chi connectivity index (χ3n) is 3.37. The van der Waals surface area contributed by atoms with Crippen LogP contribution in [0.1, 0.15) is 37.0 Å². The van der Waals surface area contributed by atoms with Gasteiger partial charge in [-0.05, 0) is 23.6 Å². The zero-order valence-corrected chi connectivity index (χ0v) is 12.1. The summed E-state index contributed by atoms with van der Waals surface area (Å²) in [7, 11) is 0. The van der Waals surface area contributed by atoms with Crippen LogP contribution in [-0.4, -0.2) is 23.0 Å². The minimum atomic E-state index is -0.537. The molecule has 1 aliphatic rings. The van der Waals surface area contributed by atoms with Crippen LogP contribution in [0.4, 0.5) is 5.69 Å². The van der Waals surface area contributed by atoms with Gasteiger partial charge in [-0.15, -0.1) is 0 Å². The molecule has 0 unspecified atom stereocenters. The summed E-state index contributed by atoms with van der Waals surface area (Å²) in [4.78, 5) is 27.3. The van der Waals surface area contributed by atoms with E-state index in [1.165, 1.54) is 12.3 Å². The second kappa shape index (κ2) is 5.52. The van der Waals surface area contributed by atoms with Crippen molar-refractivity contribution in [3.05, 3.63) is 41.2 Å². The first-order valence-corrected chi connectivity index (χ1v) is 6.68. The first-order chi connectivity index (χ1) is 9.78. The number of Topliss-reactive ketones (excluding diaryl/α,β-unsaturated/α-hetero) is 1. The van der Waals surface area contributed by atoms with Crippen LogP contribution in [0, 0.1) is 5.41 Å². The average molecular weight is 286 g/mol. The van der Waals surface area contributed by atoms with Gasteiger partial charge < -0.3 is 10.8 Å². The molecule has 0 aliphatic heterocycles. The molecule has 0 atom stereocenters. The standard InChI is InChI=1S/C16H18N2O3/c1-16(2)7-13(19)12(14(20)8-16)9-18-11-5-3-4-10(6-11)15(17)21/h3-6,9,19H,7-8H2,1-2H3,(H2,17,21). The summed E-state index contributed by atoms with van der Waals surface area (Å²) in [6.07, 6.45) is 2.17. The van der Waals surface area contributed by atoms with E-state index in [4.69, 9.17) is 5.73 Å². The van der Waals surface area contributed by atoms with Crippen LogP contribution in [0.15, 0.2) is 40.6 Å². The lowest BCUT2D eigenvalue weighted by Crippen LogP contribution is -2.26. The number of aliphatic hydroxyl groups is 1. The summed E-state index contributed by atoms with van der Waals surface area (Å²) in [6.45, 7) is 3.87. The van der Waals surface area contributed by atoms with E-state index in [9.17, 15) is 14.7 Å². The first kappa shape index (κ1) is 15.0. The molecule has 5 heteroatoms. The summed E-state index contributed by atoms with van der Waals surface area (Å²) in [5.74, 6) is -0.603. The minimum Gasteiger partial charge on any atom is -0.511 e. The number of carbonyl (C=O) groups excluding carboxylic acids is 2. The molecule has 5 nitrogen and oxygen atoms in total. The maximum atomic E-state index is 12.0. The fraction of sp³-hybridized carbons (Fsp3) is 0.312. The highest BCUT2D eigenvalue weighted by Gasteiger charge is 2.32. The molecule has 2 rings (SSSR count). The van der Waals surface area contributed by atoms with Crippen LogP contribution in [-0.2, 0) is 4.79 Å². The number of ketones is 1. The molecule has 110 valence electrons. The molecule has 0 saturated carbocycles. The summed E-state index contributed by atoms with van der Waals surface area (Å²) >= 11 is 0. The number of hydrogen-bond donors (Lipinski definition) is 2. The monoisotopic (exact) mass is 286 g/mol. The number of benzene rings is 1. The highest BCUT2D eigenvalue weighted by molar-refractivity contribution is 6.15. The molecular formula is C16H18N2O3. The van der Waals surface area contributed by atoms with Crippen molar-refractivity contribution >= 4 is 23.6 Å². The van der Waals surface area contributed by atoms with Crippen molar-refractivity contribution in [2.45, 2.75) is 26.7 Å². The van der Waals surface area contributed by atoms with Crippen LogP contribution in [0.5, 0.6) is 0 Å². The first-order valence-electron chi connectivity index (χ1n) is 6.68. The lowest BCUT2D eigenvalue weighted by molar-refractivity contribution is -0.117. The number of aliphatic hydroxyl groups excluding tert-OH is 1. The summed E-state index contributed by atoms with van der Waals surface area (Å²) in [5, 5.41) is 9.99. The van der Waals surface area contributed by atoms with Gasteiger partial charge in [0.1, 0.15) is 5.76 Å². The molecule has 0 saturated heterocycles. The number of primary amides is 1. The Bertz CT molecular complexity index is 657. The van der Waals surface area contributed by atoms with Gasteiger partial charge in [0.05, 0.1) is 11.3 Å². The fourth-order valence-corrected chi connectivity index (χ4v) is 2.33. The Morgan fingerprint density at radius 2 is 2.10 bits per heavy atom. The summed E-state index contributed by atoms with van der Waals surface area (Å²) in [6, 6.07) is 6.48. The Kier molecular flexibility index (Phi) is 3.93. The molecule has 0 spiro atoms. The predicted molar refractivity (Wildman–Crippen MR) is 80.8 cm³/mol. The van der Waals surface area contributed by atoms with Crippen molar-refractivity contribution in [1.29, 1.82) is 0 Å². The van der Waals surface area contributed by atoms with Crippen molar-refractivity contribution in [3.63, 3.8) is 0 Å². The quantitative estimate of drug-likeness (QED) is 0.836. The number of amides is 1. The smallest absolute Gasteiger partial charge is 0.248 e. The van der Waals surface area contributed by atoms with Crippen LogP contribution in [0.3, 0.4) is 0 Å². The minimum absolute atomic E-state index is 0.0612. The number of nitrogens with two attached hydrogens (primary N) is 1. The lowest BCUT2D eigenvalue weighted by Gasteiger charge is -2.28. The second-order valence-corrected chi connectivity index (χ2v) is 5.97. The predicted octanol–water partition coefficient (Wildman–Crippen LogP) is 2.69. The Balaban J connectivity index is 2.27. The highest BCUT2D eigenvalue weighted by Crippen LogP contribution is 2.35. The van der Waals surface area contributed by atoms with Gasteiger partial charge in [-0.2, -0.15) is 0 Å². The van der Waals surface area contributed by atoms with Crippen LogP contribution >= 0.6 is 0 Å². The SMILES string of the molecule is CC1(C)CC(=O)C(C=Nc2cccc(C(N)=O)c2)=C(O)C1. The Labute approximate surface area is 123 Å². The number of carbonyl (C=O) groups is 2. The van der Waals surface area contributed by atoms with Gasteiger partial charge in [-0.25, -0.2) is 0 Å². The molecule has 0 heterocycles. The fourth-order valence-electron chi connectivity index (χ4n) is 2.33. The number of rotatable bonds is 3. The van der Waals surface area contributed by atoms with Crippen molar-refractivity contribution in [2.24, 2.45) is 16.1 Å². The molecule has 0 bridgehead atoms. The lowest BCUT2D eigenvalue weighted by atomic mass is 9.77. The van der Waals surface area contributed by atoms with E-state index in [-0.39, 0.29) is 22.5 Å². The van der Waals surface area contributed by atoms with Gasteiger partial charge in [0.25, 0.3) is 0 Å². The van der Waals surface area contributed by atoms with E-state index in [2.05, 4.69) is 4.99 Å². The van der Waals surface area contributed by atoms with E-state index in [0.717, 1.165) is 0 Å². The third-order valence-corrected chi connectivity index (χ3v) is 3.37. The van der Waals surface area contributed by atoms with E-state index in [1.54, 1.807) is 18.2 Å². The highest BCUT2D eigenvalue weighted by atomic mass is 16.3. The van der Waals surface area contributed by atoms with E-state index in [1.807, 2.05) is 13.8 Å². The van der Waals surface area contributed by atoms with Crippen molar-refractivity contribution in [2.75, 3.05) is 0 Å². The topological polar surface area (TPSA) is 92.8 Å². The molecule has 21 heavy (non-hydrogen) atoms. The molecule has 1 amide bonds. The Hall–Kier alpha value is -2.43. The van der Waals surface area contributed by atoms with Gasteiger partial charge in [-0.1, -0.05) is 19.9 Å². The maximum absolute atomic E-state index is 12.0. The molecule has 1 aromatic rings. The molecule has 3 N–H and O–H groups in total. The molecule has 0 aromatic heterocycles. The van der Waals surface area contributed by atoms with Crippen molar-refractivity contribution in [3.8, 4) is 0 Å². The number of hydrogen-bond acceptors (Lipinski definition) is 4. The number of nitrogens with zero attached hydrogens (tertiary/aromatic N) is 1. The van der Waals surface area contributed by atoms with Crippen LogP contribution in [0.2, 0.25) is 0 Å². The van der Waals surface area contributed by atoms with Gasteiger partial charge in [-0.3, -0.25) is 14.6 Å². The Morgan fingerprint density at radius 3 is 2.71 bits per heavy atom. The third kappa shape index (κ3) is 3.56. The summed E-state index contributed by atoms with van der Waals surface area (Å²) in [5.41, 5.74) is 6.05. The van der Waals surface area contributed by atoms with Gasteiger partial charge in [0.15, 0.2) is 5.78 Å². The van der Waals surface area contributed by atoms with Gasteiger partial charge in [0.2, 0.25) is 5.91 Å². The van der Waals surface area contributed by atoms with Crippen LogP contribution < -0.4 is 5.73 Å². The van der Waals surface area contributed by atoms with Gasteiger partial charge in [0, 0.05) is 24.6 Å². The Morgan fingerprint density at radius 1 is 1.38 bits per heavy atom. The largest absolute Gasteiger partial charge is 0.511 e. The normalized spacial score (nSPS) is 18.3. The zero-order valence-electron chi connectivity index (χ0n) is 12.1. The van der Waals surface area contributed by atoms with E-state index in [0.29, 0.717) is 24.1 Å². The molecule has 0 radical (unpaired) electrons. The second-order valence-electron chi connectivity index (χ2n) is 5.97. The van der Waals surface area contributed by atoms with Gasteiger partial charge >= 0.3 is 0 Å². The zero-order chi connectivity index (χ0) is 15.6. The van der Waals surface area contributed by atoms with Crippen molar-refractivity contribution < 1.29 is 14.7 Å². The molecule has 0 fully saturated rings. The van der Waals surface area contributed by atoms with E-state index >= 15 is 0 Å². The van der Waals surface area contributed by atoms with Crippen molar-refractivity contribution in [1.82, 2.24) is 0 Å². The average Bonchev–Trinajstić information content (AvgIpc) is 2.36. The number of allylic oxidation sites excluding steroid dienone is 2. The molecule has 1 aliphatic carbocycles. The maximum Gasteiger partial charge on any atom is 0.248 e. The van der Waals surface area contributed by atoms with E-state index < -0.39 is 5.91 Å². The number of aliphatic imine (C=N–C) groups is 1. The van der Waals surface area contributed by atoms with Crippen LogP contribution in [0.25, 0.3) is 0 Å². The molecular weight excluding hydrogens is 268 g/mol. The molecule has 1 aromatic carbocycles.